The van der Waals surface area contributed by atoms with Crippen LogP contribution in [-0.4, -0.2) is 22.9 Å². The normalized spacial score (nSPS) is 10.1. The van der Waals surface area contributed by atoms with Gasteiger partial charge in [0.1, 0.15) is 10.8 Å². The smallest absolute Gasteiger partial charge is 0.292 e. The summed E-state index contributed by atoms with van der Waals surface area (Å²) in [5, 5.41) is 11.0. The standard InChI is InChI=1S/C13H10ClN3O3/c1-16(10-6-2-3-7-11(10)17(19)20)13(18)9-5-4-8-15-12(9)14/h2-8H,1H3. The lowest BCUT2D eigenvalue weighted by atomic mass is 10.2. The summed E-state index contributed by atoms with van der Waals surface area (Å²) in [6.07, 6.45) is 1.46. The van der Waals surface area contributed by atoms with Crippen molar-refractivity contribution in [3.63, 3.8) is 0 Å². The van der Waals surface area contributed by atoms with E-state index in [-0.39, 0.29) is 22.1 Å². The molecule has 0 radical (unpaired) electrons. The van der Waals surface area contributed by atoms with Gasteiger partial charge in [-0.3, -0.25) is 14.9 Å². The van der Waals surface area contributed by atoms with Gasteiger partial charge in [0.25, 0.3) is 11.6 Å². The molecule has 20 heavy (non-hydrogen) atoms. The quantitative estimate of drug-likeness (QED) is 0.495. The Morgan fingerprint density at radius 1 is 1.30 bits per heavy atom. The number of aromatic nitrogens is 1. The Morgan fingerprint density at radius 3 is 2.65 bits per heavy atom. The second kappa shape index (κ2) is 5.66. The maximum atomic E-state index is 12.3. The molecule has 0 N–H and O–H groups in total. The summed E-state index contributed by atoms with van der Waals surface area (Å²) < 4.78 is 0. The fraction of sp³-hybridized carbons (Fsp3) is 0.0769. The first-order valence-electron chi connectivity index (χ1n) is 5.64. The molecule has 1 aromatic carbocycles. The molecular weight excluding hydrogens is 282 g/mol. The van der Waals surface area contributed by atoms with E-state index < -0.39 is 10.8 Å². The predicted octanol–water partition coefficient (Wildman–Crippen LogP) is 2.92. The number of carbonyl (C=O) groups excluding carboxylic acids is 1. The topological polar surface area (TPSA) is 76.3 Å². The van der Waals surface area contributed by atoms with Crippen molar-refractivity contribution in [1.82, 2.24) is 4.98 Å². The molecule has 1 heterocycles. The first-order chi connectivity index (χ1) is 9.52. The van der Waals surface area contributed by atoms with Gasteiger partial charge in [-0.25, -0.2) is 4.98 Å². The largest absolute Gasteiger partial charge is 0.305 e. The highest BCUT2D eigenvalue weighted by Gasteiger charge is 2.23. The van der Waals surface area contributed by atoms with E-state index in [2.05, 4.69) is 4.98 Å². The minimum Gasteiger partial charge on any atom is -0.305 e. The third-order valence-electron chi connectivity index (χ3n) is 2.73. The molecule has 0 saturated heterocycles. The SMILES string of the molecule is CN(C(=O)c1cccnc1Cl)c1ccccc1[N+](=O)[O-]. The van der Waals surface area contributed by atoms with Crippen LogP contribution in [0.3, 0.4) is 0 Å². The fourth-order valence-corrected chi connectivity index (χ4v) is 1.94. The number of nitro groups is 1. The van der Waals surface area contributed by atoms with Crippen LogP contribution in [0.1, 0.15) is 10.4 Å². The minimum atomic E-state index is -0.538. The number of halogens is 1. The Hall–Kier alpha value is -2.47. The monoisotopic (exact) mass is 291 g/mol. The van der Waals surface area contributed by atoms with E-state index in [4.69, 9.17) is 11.6 Å². The summed E-state index contributed by atoms with van der Waals surface area (Å²) in [6, 6.07) is 9.09. The molecule has 2 rings (SSSR count). The van der Waals surface area contributed by atoms with Gasteiger partial charge in [0.15, 0.2) is 0 Å². The van der Waals surface area contributed by atoms with Gasteiger partial charge in [0, 0.05) is 19.3 Å². The number of nitro benzene ring substituents is 1. The van der Waals surface area contributed by atoms with Crippen LogP contribution < -0.4 is 4.90 Å². The molecule has 102 valence electrons. The van der Waals surface area contributed by atoms with Gasteiger partial charge in [-0.1, -0.05) is 23.7 Å². The van der Waals surface area contributed by atoms with E-state index in [1.165, 1.54) is 42.4 Å². The molecule has 6 nitrogen and oxygen atoms in total. The molecule has 0 bridgehead atoms. The van der Waals surface area contributed by atoms with Crippen LogP contribution in [-0.2, 0) is 0 Å². The number of benzene rings is 1. The van der Waals surface area contributed by atoms with Crippen LogP contribution in [0.15, 0.2) is 42.6 Å². The van der Waals surface area contributed by atoms with Crippen LogP contribution in [0.2, 0.25) is 5.15 Å². The van der Waals surface area contributed by atoms with Gasteiger partial charge in [-0.05, 0) is 18.2 Å². The van der Waals surface area contributed by atoms with Gasteiger partial charge < -0.3 is 4.90 Å². The van der Waals surface area contributed by atoms with Crippen LogP contribution >= 0.6 is 11.6 Å². The molecule has 2 aromatic rings. The number of hydrogen-bond donors (Lipinski definition) is 0. The van der Waals surface area contributed by atoms with Gasteiger partial charge >= 0.3 is 0 Å². The molecule has 1 amide bonds. The fourth-order valence-electron chi connectivity index (χ4n) is 1.74. The van der Waals surface area contributed by atoms with Crippen molar-refractivity contribution in [2.24, 2.45) is 0 Å². The number of para-hydroxylation sites is 2. The summed E-state index contributed by atoms with van der Waals surface area (Å²) in [5.74, 6) is -0.461. The van der Waals surface area contributed by atoms with Crippen molar-refractivity contribution >= 4 is 28.9 Å². The third kappa shape index (κ3) is 2.60. The average Bonchev–Trinajstić information content (AvgIpc) is 2.46. The van der Waals surface area contributed by atoms with Gasteiger partial charge in [-0.15, -0.1) is 0 Å². The summed E-state index contributed by atoms with van der Waals surface area (Å²) >= 11 is 5.86. The van der Waals surface area contributed by atoms with E-state index in [1.807, 2.05) is 0 Å². The molecule has 1 aromatic heterocycles. The summed E-state index contributed by atoms with van der Waals surface area (Å²) in [4.78, 5) is 27.8. The number of amides is 1. The molecule has 0 aliphatic heterocycles. The lowest BCUT2D eigenvalue weighted by Gasteiger charge is -2.17. The van der Waals surface area contributed by atoms with Crippen LogP contribution in [0, 0.1) is 10.1 Å². The summed E-state index contributed by atoms with van der Waals surface area (Å²) in [5.41, 5.74) is 0.237. The maximum Gasteiger partial charge on any atom is 0.292 e. The Morgan fingerprint density at radius 2 is 2.00 bits per heavy atom. The molecule has 0 atom stereocenters. The lowest BCUT2D eigenvalue weighted by molar-refractivity contribution is -0.384. The molecular formula is C13H10ClN3O3. The molecule has 0 fully saturated rings. The van der Waals surface area contributed by atoms with E-state index in [1.54, 1.807) is 12.1 Å². The Labute approximate surface area is 119 Å². The molecule has 0 saturated carbocycles. The molecule has 0 spiro atoms. The molecule has 0 aliphatic rings. The van der Waals surface area contributed by atoms with Crippen molar-refractivity contribution < 1.29 is 9.72 Å². The summed E-state index contributed by atoms with van der Waals surface area (Å²) in [6.45, 7) is 0. The van der Waals surface area contributed by atoms with E-state index in [9.17, 15) is 14.9 Å². The first kappa shape index (κ1) is 14.0. The van der Waals surface area contributed by atoms with Crippen LogP contribution in [0.5, 0.6) is 0 Å². The third-order valence-corrected chi connectivity index (χ3v) is 3.04. The van der Waals surface area contributed by atoms with E-state index in [0.717, 1.165) is 0 Å². The highest BCUT2D eigenvalue weighted by Crippen LogP contribution is 2.28. The zero-order valence-corrected chi connectivity index (χ0v) is 11.2. The van der Waals surface area contributed by atoms with Crippen molar-refractivity contribution in [3.05, 3.63) is 63.4 Å². The number of anilines is 1. The average molecular weight is 292 g/mol. The second-order valence-corrected chi connectivity index (χ2v) is 4.31. The number of pyridine rings is 1. The van der Waals surface area contributed by atoms with E-state index in [0.29, 0.717) is 0 Å². The molecule has 7 heteroatoms. The van der Waals surface area contributed by atoms with E-state index >= 15 is 0 Å². The number of hydrogen-bond acceptors (Lipinski definition) is 4. The van der Waals surface area contributed by atoms with Crippen molar-refractivity contribution in [2.45, 2.75) is 0 Å². The highest BCUT2D eigenvalue weighted by atomic mass is 35.5. The molecule has 0 unspecified atom stereocenters. The van der Waals surface area contributed by atoms with Crippen LogP contribution in [0.4, 0.5) is 11.4 Å². The lowest BCUT2D eigenvalue weighted by Crippen LogP contribution is -2.27. The first-order valence-corrected chi connectivity index (χ1v) is 6.02. The van der Waals surface area contributed by atoms with Gasteiger partial charge in [0.2, 0.25) is 0 Å². The summed E-state index contributed by atoms with van der Waals surface area (Å²) in [7, 11) is 1.45. The zero-order chi connectivity index (χ0) is 14.7. The maximum absolute atomic E-state index is 12.3. The predicted molar refractivity (Wildman–Crippen MR) is 75.1 cm³/mol. The Kier molecular flexibility index (Phi) is 3.95. The zero-order valence-electron chi connectivity index (χ0n) is 10.5. The van der Waals surface area contributed by atoms with Crippen molar-refractivity contribution in [2.75, 3.05) is 11.9 Å². The number of carbonyl (C=O) groups is 1. The van der Waals surface area contributed by atoms with Crippen molar-refractivity contribution in [1.29, 1.82) is 0 Å². The Balaban J connectivity index is 2.42. The van der Waals surface area contributed by atoms with Gasteiger partial charge in [-0.2, -0.15) is 0 Å². The van der Waals surface area contributed by atoms with Crippen LogP contribution in [0.25, 0.3) is 0 Å². The number of rotatable bonds is 3. The molecule has 0 aliphatic carbocycles. The second-order valence-electron chi connectivity index (χ2n) is 3.95. The minimum absolute atomic E-state index is 0.0583. The highest BCUT2D eigenvalue weighted by molar-refractivity contribution is 6.33. The van der Waals surface area contributed by atoms with Crippen molar-refractivity contribution in [3.8, 4) is 0 Å². The number of nitrogens with zero attached hydrogens (tertiary/aromatic N) is 3. The Bertz CT molecular complexity index is 675. The van der Waals surface area contributed by atoms with Gasteiger partial charge in [0.05, 0.1) is 10.5 Å².